The maximum Gasteiger partial charge on any atom is 0.0553 e. The van der Waals surface area contributed by atoms with Gasteiger partial charge in [-0.05, 0) is 67.4 Å². The van der Waals surface area contributed by atoms with Crippen LogP contribution >= 0.6 is 0 Å². The van der Waals surface area contributed by atoms with Crippen LogP contribution in [0.2, 0.25) is 0 Å². The Kier molecular flexibility index (Phi) is 4.13. The molecule has 2 saturated heterocycles. The monoisotopic (exact) mass is 309 g/mol. The van der Waals surface area contributed by atoms with Crippen molar-refractivity contribution in [2.75, 3.05) is 26.2 Å². The first-order valence-electron chi connectivity index (χ1n) is 9.05. The van der Waals surface area contributed by atoms with Crippen molar-refractivity contribution in [2.24, 2.45) is 5.41 Å². The number of hydrogen-bond acceptors (Lipinski definition) is 2. The first-order chi connectivity index (χ1) is 11.2. The molecule has 1 spiro atoms. The van der Waals surface area contributed by atoms with Gasteiger partial charge < -0.3 is 9.64 Å². The number of hydrogen-bond donors (Lipinski definition) is 0. The fourth-order valence-electron chi connectivity index (χ4n) is 4.44. The zero-order chi connectivity index (χ0) is 15.7. The molecule has 0 saturated carbocycles. The second-order valence-electron chi connectivity index (χ2n) is 7.56. The molecule has 1 unspecified atom stereocenters. The predicted octanol–water partition coefficient (Wildman–Crippen LogP) is 4.27. The zero-order valence-corrected chi connectivity index (χ0v) is 14.1. The molecule has 0 bridgehead atoms. The molecule has 23 heavy (non-hydrogen) atoms. The number of rotatable bonds is 3. The van der Waals surface area contributed by atoms with Crippen molar-refractivity contribution in [3.8, 4) is 0 Å². The molecular formula is C21H27NO. The molecule has 1 atom stereocenters. The summed E-state index contributed by atoms with van der Waals surface area (Å²) in [5.74, 6) is 0. The standard InChI is InChI=1S/C21H27NO/c1-17-15-21(16-23-17)10-13-22(14-11-21)12-9-19-7-4-6-18-5-2-3-8-20(18)19/h2-8,17H,9-16H2,1H3. The third-order valence-electron chi connectivity index (χ3n) is 5.89. The van der Waals surface area contributed by atoms with Crippen LogP contribution in [0.5, 0.6) is 0 Å². The summed E-state index contributed by atoms with van der Waals surface area (Å²) in [6.07, 6.45) is 5.52. The summed E-state index contributed by atoms with van der Waals surface area (Å²) in [5.41, 5.74) is 1.98. The summed E-state index contributed by atoms with van der Waals surface area (Å²) in [5, 5.41) is 2.78. The molecule has 2 nitrogen and oxygen atoms in total. The fraction of sp³-hybridized carbons (Fsp3) is 0.524. The Bertz CT molecular complexity index is 667. The first-order valence-corrected chi connectivity index (χ1v) is 9.05. The molecule has 0 N–H and O–H groups in total. The van der Waals surface area contributed by atoms with Crippen LogP contribution in [0.25, 0.3) is 10.8 Å². The summed E-state index contributed by atoms with van der Waals surface area (Å²) in [4.78, 5) is 2.65. The summed E-state index contributed by atoms with van der Waals surface area (Å²) in [6, 6.07) is 15.4. The van der Waals surface area contributed by atoms with Crippen molar-refractivity contribution in [1.29, 1.82) is 0 Å². The van der Waals surface area contributed by atoms with Gasteiger partial charge in [-0.1, -0.05) is 42.5 Å². The minimum absolute atomic E-state index is 0.470. The van der Waals surface area contributed by atoms with E-state index in [1.54, 1.807) is 0 Å². The number of fused-ring (bicyclic) bond motifs is 1. The Morgan fingerprint density at radius 1 is 1.09 bits per heavy atom. The topological polar surface area (TPSA) is 12.5 Å². The van der Waals surface area contributed by atoms with Gasteiger partial charge in [-0.25, -0.2) is 0 Å². The van der Waals surface area contributed by atoms with Gasteiger partial charge >= 0.3 is 0 Å². The van der Waals surface area contributed by atoms with E-state index in [0.717, 1.165) is 13.0 Å². The lowest BCUT2D eigenvalue weighted by molar-refractivity contribution is 0.0695. The lowest BCUT2D eigenvalue weighted by Crippen LogP contribution is -2.41. The van der Waals surface area contributed by atoms with Crippen LogP contribution in [0, 0.1) is 5.41 Å². The number of benzene rings is 2. The van der Waals surface area contributed by atoms with E-state index in [1.807, 2.05) is 0 Å². The molecule has 2 aromatic carbocycles. The van der Waals surface area contributed by atoms with Crippen LogP contribution in [0.15, 0.2) is 42.5 Å². The molecule has 2 aliphatic heterocycles. The summed E-state index contributed by atoms with van der Waals surface area (Å²) >= 11 is 0. The second kappa shape index (κ2) is 6.26. The molecule has 0 aliphatic carbocycles. The van der Waals surface area contributed by atoms with E-state index in [4.69, 9.17) is 4.74 Å². The van der Waals surface area contributed by atoms with E-state index in [2.05, 4.69) is 54.3 Å². The van der Waals surface area contributed by atoms with Gasteiger partial charge in [0.2, 0.25) is 0 Å². The van der Waals surface area contributed by atoms with Gasteiger partial charge in [0.05, 0.1) is 12.7 Å². The van der Waals surface area contributed by atoms with E-state index in [0.29, 0.717) is 11.5 Å². The third kappa shape index (κ3) is 3.15. The number of ether oxygens (including phenoxy) is 1. The summed E-state index contributed by atoms with van der Waals surface area (Å²) in [6.45, 7) is 6.87. The summed E-state index contributed by atoms with van der Waals surface area (Å²) in [7, 11) is 0. The second-order valence-corrected chi connectivity index (χ2v) is 7.56. The smallest absolute Gasteiger partial charge is 0.0553 e. The molecule has 2 fully saturated rings. The fourth-order valence-corrected chi connectivity index (χ4v) is 4.44. The Labute approximate surface area is 139 Å². The highest BCUT2D eigenvalue weighted by molar-refractivity contribution is 5.85. The van der Waals surface area contributed by atoms with Crippen LogP contribution in [-0.2, 0) is 11.2 Å². The Morgan fingerprint density at radius 2 is 1.87 bits per heavy atom. The van der Waals surface area contributed by atoms with Gasteiger partial charge in [-0.15, -0.1) is 0 Å². The van der Waals surface area contributed by atoms with Gasteiger partial charge in [-0.3, -0.25) is 0 Å². The zero-order valence-electron chi connectivity index (χ0n) is 14.1. The minimum Gasteiger partial charge on any atom is -0.378 e. The number of nitrogens with zero attached hydrogens (tertiary/aromatic N) is 1. The maximum atomic E-state index is 5.84. The van der Waals surface area contributed by atoms with E-state index < -0.39 is 0 Å². The van der Waals surface area contributed by atoms with Crippen molar-refractivity contribution >= 4 is 10.8 Å². The van der Waals surface area contributed by atoms with Crippen LogP contribution in [-0.4, -0.2) is 37.2 Å². The normalized spacial score (nSPS) is 24.5. The molecule has 2 aromatic rings. The van der Waals surface area contributed by atoms with Gasteiger partial charge in [0.1, 0.15) is 0 Å². The van der Waals surface area contributed by atoms with Gasteiger partial charge in [0.25, 0.3) is 0 Å². The SMILES string of the molecule is CC1CC2(CCN(CCc3cccc4ccccc34)CC2)CO1. The molecule has 2 heteroatoms. The quantitative estimate of drug-likeness (QED) is 0.839. The van der Waals surface area contributed by atoms with Crippen LogP contribution in [0.4, 0.5) is 0 Å². The molecule has 0 radical (unpaired) electrons. The Morgan fingerprint density at radius 3 is 2.65 bits per heavy atom. The van der Waals surface area contributed by atoms with Crippen molar-refractivity contribution in [2.45, 2.75) is 38.7 Å². The third-order valence-corrected chi connectivity index (χ3v) is 5.89. The van der Waals surface area contributed by atoms with Crippen molar-refractivity contribution in [3.05, 3.63) is 48.0 Å². The van der Waals surface area contributed by atoms with Crippen LogP contribution in [0.3, 0.4) is 0 Å². The van der Waals surface area contributed by atoms with Crippen LogP contribution in [0.1, 0.15) is 31.7 Å². The minimum atomic E-state index is 0.470. The van der Waals surface area contributed by atoms with Gasteiger partial charge in [-0.2, -0.15) is 0 Å². The largest absolute Gasteiger partial charge is 0.378 e. The molecule has 4 rings (SSSR count). The predicted molar refractivity (Wildman–Crippen MR) is 95.8 cm³/mol. The number of piperidine rings is 1. The first kappa shape index (κ1) is 15.2. The van der Waals surface area contributed by atoms with Gasteiger partial charge in [0, 0.05) is 6.54 Å². The van der Waals surface area contributed by atoms with E-state index in [-0.39, 0.29) is 0 Å². The Balaban J connectivity index is 1.37. The molecule has 0 amide bonds. The highest BCUT2D eigenvalue weighted by Crippen LogP contribution is 2.41. The average molecular weight is 309 g/mol. The van der Waals surface area contributed by atoms with Gasteiger partial charge in [0.15, 0.2) is 0 Å². The van der Waals surface area contributed by atoms with Crippen molar-refractivity contribution in [3.63, 3.8) is 0 Å². The highest BCUT2D eigenvalue weighted by atomic mass is 16.5. The lowest BCUT2D eigenvalue weighted by Gasteiger charge is -2.38. The van der Waals surface area contributed by atoms with E-state index in [9.17, 15) is 0 Å². The lowest BCUT2D eigenvalue weighted by atomic mass is 9.77. The maximum absolute atomic E-state index is 5.84. The van der Waals surface area contributed by atoms with E-state index in [1.165, 1.54) is 55.2 Å². The molecular weight excluding hydrogens is 282 g/mol. The van der Waals surface area contributed by atoms with Crippen molar-refractivity contribution < 1.29 is 4.74 Å². The van der Waals surface area contributed by atoms with Crippen molar-refractivity contribution in [1.82, 2.24) is 4.90 Å². The molecule has 0 aromatic heterocycles. The molecule has 2 heterocycles. The van der Waals surface area contributed by atoms with E-state index >= 15 is 0 Å². The number of likely N-dealkylation sites (tertiary alicyclic amines) is 1. The molecule has 122 valence electrons. The molecule has 2 aliphatic rings. The Hall–Kier alpha value is -1.38. The van der Waals surface area contributed by atoms with Crippen LogP contribution < -0.4 is 0 Å². The summed E-state index contributed by atoms with van der Waals surface area (Å²) < 4.78 is 5.84. The average Bonchev–Trinajstić information content (AvgIpc) is 2.95. The highest BCUT2D eigenvalue weighted by Gasteiger charge is 2.40.